The number of guanidine groups is 1. The van der Waals surface area contributed by atoms with Gasteiger partial charge < -0.3 is 44.0 Å². The molecule has 0 heterocycles. The molecule has 0 spiro atoms. The van der Waals surface area contributed by atoms with E-state index in [-0.39, 0.29) is 31.9 Å². The fourth-order valence-corrected chi connectivity index (χ4v) is 3.30. The number of hydrogen-bond donors (Lipinski definition) is 8. The summed E-state index contributed by atoms with van der Waals surface area (Å²) in [5.41, 5.74) is 21.3. The van der Waals surface area contributed by atoms with E-state index in [2.05, 4.69) is 20.9 Å². The van der Waals surface area contributed by atoms with Gasteiger partial charge in [-0.25, -0.2) is 4.79 Å². The first-order valence-corrected chi connectivity index (χ1v) is 12.1. The lowest BCUT2D eigenvalue weighted by Gasteiger charge is -2.24. The van der Waals surface area contributed by atoms with E-state index in [1.165, 1.54) is 11.8 Å². The van der Waals surface area contributed by atoms with Crippen LogP contribution in [0.25, 0.3) is 0 Å². The van der Waals surface area contributed by atoms with Gasteiger partial charge in [0, 0.05) is 6.54 Å². The van der Waals surface area contributed by atoms with Crippen molar-refractivity contribution in [3.8, 4) is 0 Å². The number of aliphatic carboxylic acids is 1. The molecular weight excluding hydrogens is 452 g/mol. The molecule has 0 saturated heterocycles. The SMILES string of the molecule is CSCCC(NC(=O)C(CCCCN)NC(=O)CN)C(=O)NC(CCCN=C(N)N)C(=O)O. The number of unbranched alkanes of at least 4 members (excludes halogenated alkanes) is 1. The Hall–Kier alpha value is -2.58. The first kappa shape index (κ1) is 30.4. The standard InChI is InChI=1S/C19H38N8O5S/c1-33-10-7-13(17(30)27-14(18(31)32)6-4-9-24-19(22)23)26-16(29)12(5-2-3-8-20)25-15(28)11-21/h12-14H,2-11,20-21H2,1H3,(H,25,28)(H,26,29)(H,27,30)(H,31,32)(H4,22,23,24). The monoisotopic (exact) mass is 490 g/mol. The highest BCUT2D eigenvalue weighted by Gasteiger charge is 2.29. The molecule has 0 fully saturated rings. The molecule has 0 aliphatic carbocycles. The first-order chi connectivity index (χ1) is 15.7. The maximum absolute atomic E-state index is 12.8. The highest BCUT2D eigenvalue weighted by atomic mass is 32.2. The van der Waals surface area contributed by atoms with Gasteiger partial charge in [0.05, 0.1) is 6.54 Å². The van der Waals surface area contributed by atoms with Gasteiger partial charge in [0.1, 0.15) is 18.1 Å². The average Bonchev–Trinajstić information content (AvgIpc) is 2.77. The predicted molar refractivity (Wildman–Crippen MR) is 128 cm³/mol. The van der Waals surface area contributed by atoms with Crippen LogP contribution < -0.4 is 38.9 Å². The molecule has 0 radical (unpaired) electrons. The topological polar surface area (TPSA) is 241 Å². The van der Waals surface area contributed by atoms with Crippen LogP contribution in [-0.4, -0.2) is 84.5 Å². The lowest BCUT2D eigenvalue weighted by molar-refractivity contribution is -0.142. The van der Waals surface area contributed by atoms with E-state index < -0.39 is 41.8 Å². The summed E-state index contributed by atoms with van der Waals surface area (Å²) in [5, 5.41) is 17.1. The third kappa shape index (κ3) is 14.2. The van der Waals surface area contributed by atoms with E-state index in [1.807, 2.05) is 6.26 Å². The molecule has 0 aromatic heterocycles. The van der Waals surface area contributed by atoms with E-state index in [0.29, 0.717) is 38.0 Å². The van der Waals surface area contributed by atoms with Gasteiger partial charge in [0.2, 0.25) is 17.7 Å². The maximum Gasteiger partial charge on any atom is 0.326 e. The second-order valence-corrected chi connectivity index (χ2v) is 8.29. The smallest absolute Gasteiger partial charge is 0.326 e. The van der Waals surface area contributed by atoms with Gasteiger partial charge in [0.15, 0.2) is 5.96 Å². The number of rotatable bonds is 18. The van der Waals surface area contributed by atoms with Gasteiger partial charge in [-0.05, 0) is 57.1 Å². The number of amides is 3. The lowest BCUT2D eigenvalue weighted by atomic mass is 10.1. The summed E-state index contributed by atoms with van der Waals surface area (Å²) >= 11 is 1.47. The minimum absolute atomic E-state index is 0.103. The zero-order chi connectivity index (χ0) is 25.2. The van der Waals surface area contributed by atoms with Crippen LogP contribution in [0.5, 0.6) is 0 Å². The van der Waals surface area contributed by atoms with E-state index in [9.17, 15) is 24.3 Å². The quantitative estimate of drug-likeness (QED) is 0.0566. The van der Waals surface area contributed by atoms with Gasteiger partial charge in [-0.3, -0.25) is 19.4 Å². The highest BCUT2D eigenvalue weighted by Crippen LogP contribution is 2.07. The summed E-state index contributed by atoms with van der Waals surface area (Å²) in [6.45, 7) is 0.384. The number of aliphatic imine (C=N–C) groups is 1. The van der Waals surface area contributed by atoms with E-state index in [4.69, 9.17) is 22.9 Å². The Morgan fingerprint density at radius 1 is 0.879 bits per heavy atom. The number of carboxylic acids is 1. The third-order valence-electron chi connectivity index (χ3n) is 4.59. The second kappa shape index (κ2) is 17.9. The van der Waals surface area contributed by atoms with Crippen LogP contribution in [0.1, 0.15) is 38.5 Å². The van der Waals surface area contributed by atoms with Crippen molar-refractivity contribution in [2.75, 3.05) is 31.6 Å². The Balaban J connectivity index is 5.24. The number of hydrogen-bond acceptors (Lipinski definition) is 8. The van der Waals surface area contributed by atoms with Crippen molar-refractivity contribution in [3.63, 3.8) is 0 Å². The lowest BCUT2D eigenvalue weighted by Crippen LogP contribution is -2.56. The summed E-state index contributed by atoms with van der Waals surface area (Å²) in [4.78, 5) is 52.7. The Morgan fingerprint density at radius 3 is 1.97 bits per heavy atom. The van der Waals surface area contributed by atoms with Crippen LogP contribution in [-0.2, 0) is 19.2 Å². The van der Waals surface area contributed by atoms with Crippen molar-refractivity contribution in [1.29, 1.82) is 0 Å². The minimum Gasteiger partial charge on any atom is -0.480 e. The molecule has 3 atom stereocenters. The van der Waals surface area contributed by atoms with Crippen LogP contribution >= 0.6 is 11.8 Å². The summed E-state index contributed by atoms with van der Waals surface area (Å²) < 4.78 is 0. The van der Waals surface area contributed by atoms with Crippen LogP contribution in [0.3, 0.4) is 0 Å². The summed E-state index contributed by atoms with van der Waals surface area (Å²) in [6.07, 6.45) is 4.16. The Kier molecular flexibility index (Phi) is 16.5. The predicted octanol–water partition coefficient (Wildman–Crippen LogP) is -2.58. The van der Waals surface area contributed by atoms with Crippen LogP contribution in [0, 0.1) is 0 Å². The molecule has 13 nitrogen and oxygen atoms in total. The Morgan fingerprint density at radius 2 is 1.45 bits per heavy atom. The summed E-state index contributed by atoms with van der Waals surface area (Å²) in [6, 6.07) is -3.03. The molecule has 190 valence electrons. The normalized spacial score (nSPS) is 13.3. The Labute approximate surface area is 198 Å². The molecule has 14 heteroatoms. The van der Waals surface area contributed by atoms with Gasteiger partial charge >= 0.3 is 5.97 Å². The van der Waals surface area contributed by atoms with Crippen molar-refractivity contribution >= 4 is 41.4 Å². The molecule has 0 aliphatic heterocycles. The van der Waals surface area contributed by atoms with Crippen LogP contribution in [0.2, 0.25) is 0 Å². The summed E-state index contributed by atoms with van der Waals surface area (Å²) in [7, 11) is 0. The highest BCUT2D eigenvalue weighted by molar-refractivity contribution is 7.98. The molecule has 12 N–H and O–H groups in total. The molecule has 0 rings (SSSR count). The van der Waals surface area contributed by atoms with Gasteiger partial charge in [-0.15, -0.1) is 0 Å². The number of nitrogens with two attached hydrogens (primary N) is 4. The Bertz CT molecular complexity index is 660. The molecule has 3 unspecified atom stereocenters. The van der Waals surface area contributed by atoms with Gasteiger partial charge in [-0.2, -0.15) is 11.8 Å². The number of nitrogens with one attached hydrogen (secondary N) is 3. The first-order valence-electron chi connectivity index (χ1n) is 10.7. The fourth-order valence-electron chi connectivity index (χ4n) is 2.82. The molecule has 0 bridgehead atoms. The van der Waals surface area contributed by atoms with Crippen molar-refractivity contribution in [3.05, 3.63) is 0 Å². The molecule has 33 heavy (non-hydrogen) atoms. The van der Waals surface area contributed by atoms with Crippen LogP contribution in [0.15, 0.2) is 4.99 Å². The fraction of sp³-hybridized carbons (Fsp3) is 0.737. The zero-order valence-corrected chi connectivity index (χ0v) is 19.9. The molecule has 0 aliphatic rings. The third-order valence-corrected chi connectivity index (χ3v) is 5.23. The summed E-state index contributed by atoms with van der Waals surface area (Å²) in [5.74, 6) is -2.44. The molecule has 0 aromatic carbocycles. The van der Waals surface area contributed by atoms with Crippen molar-refractivity contribution in [2.45, 2.75) is 56.7 Å². The molecule has 0 aromatic rings. The number of carbonyl (C=O) groups is 4. The molecule has 0 saturated carbocycles. The van der Waals surface area contributed by atoms with E-state index >= 15 is 0 Å². The van der Waals surface area contributed by atoms with Gasteiger partial charge in [0.25, 0.3) is 0 Å². The van der Waals surface area contributed by atoms with E-state index in [0.717, 1.165) is 0 Å². The largest absolute Gasteiger partial charge is 0.480 e. The molecule has 3 amide bonds. The van der Waals surface area contributed by atoms with Gasteiger partial charge in [-0.1, -0.05) is 0 Å². The van der Waals surface area contributed by atoms with Crippen molar-refractivity contribution < 1.29 is 24.3 Å². The second-order valence-electron chi connectivity index (χ2n) is 7.30. The van der Waals surface area contributed by atoms with E-state index in [1.54, 1.807) is 0 Å². The number of carboxylic acid groups (broad SMARTS) is 1. The van der Waals surface area contributed by atoms with Crippen molar-refractivity contribution in [1.82, 2.24) is 16.0 Å². The number of thioether (sulfide) groups is 1. The maximum atomic E-state index is 12.8. The van der Waals surface area contributed by atoms with Crippen LogP contribution in [0.4, 0.5) is 0 Å². The number of nitrogens with zero attached hydrogens (tertiary/aromatic N) is 1. The average molecular weight is 491 g/mol. The van der Waals surface area contributed by atoms with Crippen molar-refractivity contribution in [2.24, 2.45) is 27.9 Å². The molecular formula is C19H38N8O5S. The number of carbonyl (C=O) groups excluding carboxylic acids is 3. The minimum atomic E-state index is -1.21. The zero-order valence-electron chi connectivity index (χ0n) is 19.0.